The van der Waals surface area contributed by atoms with E-state index >= 15 is 0 Å². The van der Waals surface area contributed by atoms with Crippen molar-refractivity contribution >= 4 is 16.9 Å². The van der Waals surface area contributed by atoms with E-state index in [1.54, 1.807) is 11.0 Å². The van der Waals surface area contributed by atoms with Gasteiger partial charge < -0.3 is 4.90 Å². The fraction of sp³-hybridized carbons (Fsp3) is 0.643. The van der Waals surface area contributed by atoms with E-state index in [0.29, 0.717) is 6.04 Å². The Bertz CT molecular complexity index is 576. The highest BCUT2D eigenvalue weighted by Crippen LogP contribution is 2.31. The van der Waals surface area contributed by atoms with Crippen LogP contribution in [0.1, 0.15) is 32.6 Å². The maximum absolute atomic E-state index is 4.49. The van der Waals surface area contributed by atoms with Crippen molar-refractivity contribution in [3.63, 3.8) is 0 Å². The second-order valence-corrected chi connectivity index (χ2v) is 5.64. The van der Waals surface area contributed by atoms with Crippen LogP contribution in [0.25, 0.3) is 11.0 Å². The van der Waals surface area contributed by atoms with Crippen LogP contribution in [0.3, 0.4) is 0 Å². The molecule has 1 aliphatic rings. The van der Waals surface area contributed by atoms with Gasteiger partial charge in [-0.2, -0.15) is 5.10 Å². The number of hydrogen-bond acceptors (Lipinski definition) is 4. The first-order valence-electron chi connectivity index (χ1n) is 7.04. The van der Waals surface area contributed by atoms with Crippen molar-refractivity contribution in [2.75, 3.05) is 11.9 Å². The maximum atomic E-state index is 4.49. The molecule has 2 heterocycles. The molecule has 0 amide bonds. The molecule has 0 aliphatic heterocycles. The van der Waals surface area contributed by atoms with Gasteiger partial charge >= 0.3 is 0 Å². The fourth-order valence-corrected chi connectivity index (χ4v) is 3.26. The van der Waals surface area contributed by atoms with Crippen molar-refractivity contribution in [2.24, 2.45) is 13.0 Å². The average molecular weight is 259 g/mol. The third-order valence-corrected chi connectivity index (χ3v) is 4.41. The fourth-order valence-electron chi connectivity index (χ4n) is 3.26. The first-order chi connectivity index (χ1) is 9.18. The molecule has 5 nitrogen and oxygen atoms in total. The minimum Gasteiger partial charge on any atom is -0.356 e. The second kappa shape index (κ2) is 4.79. The highest BCUT2D eigenvalue weighted by atomic mass is 15.3. The summed E-state index contributed by atoms with van der Waals surface area (Å²) in [6.45, 7) is 2.35. The van der Waals surface area contributed by atoms with Crippen molar-refractivity contribution in [3.8, 4) is 0 Å². The van der Waals surface area contributed by atoms with Gasteiger partial charge in [0.15, 0.2) is 5.65 Å². The zero-order valence-corrected chi connectivity index (χ0v) is 11.9. The molecule has 5 heteroatoms. The highest BCUT2D eigenvalue weighted by molar-refractivity contribution is 5.86. The Hall–Kier alpha value is -1.65. The number of rotatable bonds is 2. The molecular weight excluding hydrogens is 238 g/mol. The van der Waals surface area contributed by atoms with Gasteiger partial charge in [-0.3, -0.25) is 4.68 Å². The Morgan fingerprint density at radius 2 is 2.05 bits per heavy atom. The second-order valence-electron chi connectivity index (χ2n) is 5.64. The minimum absolute atomic E-state index is 0.576. The van der Waals surface area contributed by atoms with Crippen LogP contribution >= 0.6 is 0 Å². The Morgan fingerprint density at radius 3 is 2.84 bits per heavy atom. The summed E-state index contributed by atoms with van der Waals surface area (Å²) in [6.07, 6.45) is 8.76. The third kappa shape index (κ3) is 2.07. The molecule has 0 saturated heterocycles. The van der Waals surface area contributed by atoms with Crippen LogP contribution in [0, 0.1) is 5.92 Å². The van der Waals surface area contributed by atoms with Crippen LogP contribution in [0.15, 0.2) is 12.5 Å². The van der Waals surface area contributed by atoms with Gasteiger partial charge in [0.25, 0.3) is 0 Å². The van der Waals surface area contributed by atoms with Crippen molar-refractivity contribution in [1.29, 1.82) is 0 Å². The Balaban J connectivity index is 1.99. The molecule has 1 fully saturated rings. The molecule has 1 aliphatic carbocycles. The number of aromatic nitrogens is 4. The molecule has 0 unspecified atom stereocenters. The van der Waals surface area contributed by atoms with Crippen molar-refractivity contribution in [1.82, 2.24) is 19.7 Å². The molecule has 0 N–H and O–H groups in total. The van der Waals surface area contributed by atoms with Crippen LogP contribution in [0.5, 0.6) is 0 Å². The summed E-state index contributed by atoms with van der Waals surface area (Å²) in [5, 5.41) is 5.34. The lowest BCUT2D eigenvalue weighted by molar-refractivity contribution is 0.321. The minimum atomic E-state index is 0.576. The van der Waals surface area contributed by atoms with E-state index in [4.69, 9.17) is 0 Å². The highest BCUT2D eigenvalue weighted by Gasteiger charge is 2.27. The molecule has 0 radical (unpaired) electrons. The smallest absolute Gasteiger partial charge is 0.163 e. The zero-order valence-electron chi connectivity index (χ0n) is 11.9. The zero-order chi connectivity index (χ0) is 13.4. The van der Waals surface area contributed by atoms with Gasteiger partial charge in [0.2, 0.25) is 0 Å². The lowest BCUT2D eigenvalue weighted by Gasteiger charge is -2.37. The summed E-state index contributed by atoms with van der Waals surface area (Å²) in [5.74, 6) is 1.73. The van der Waals surface area contributed by atoms with Crippen LogP contribution in [0.2, 0.25) is 0 Å². The normalized spacial score (nSPS) is 23.7. The summed E-state index contributed by atoms with van der Waals surface area (Å²) in [5.41, 5.74) is 0.903. The molecule has 0 spiro atoms. The first-order valence-corrected chi connectivity index (χ1v) is 7.04. The van der Waals surface area contributed by atoms with Gasteiger partial charge in [-0.1, -0.05) is 19.8 Å². The Labute approximate surface area is 113 Å². The molecule has 19 heavy (non-hydrogen) atoms. The largest absolute Gasteiger partial charge is 0.356 e. The quantitative estimate of drug-likeness (QED) is 0.830. The van der Waals surface area contributed by atoms with E-state index in [9.17, 15) is 0 Å². The van der Waals surface area contributed by atoms with Gasteiger partial charge in [0.05, 0.1) is 11.6 Å². The average Bonchev–Trinajstić information content (AvgIpc) is 2.80. The van der Waals surface area contributed by atoms with Crippen LogP contribution in [-0.2, 0) is 7.05 Å². The van der Waals surface area contributed by atoms with E-state index in [-0.39, 0.29) is 0 Å². The molecule has 3 rings (SSSR count). The van der Waals surface area contributed by atoms with E-state index < -0.39 is 0 Å². The maximum Gasteiger partial charge on any atom is 0.163 e. The number of fused-ring (bicyclic) bond motifs is 1. The SMILES string of the molecule is C[C@@H]1CCCC[C@H]1N(C)c1ncnc2c1cnn2C. The van der Waals surface area contributed by atoms with Crippen molar-refractivity contribution in [3.05, 3.63) is 12.5 Å². The van der Waals surface area contributed by atoms with E-state index in [1.807, 2.05) is 13.2 Å². The van der Waals surface area contributed by atoms with E-state index in [0.717, 1.165) is 22.8 Å². The summed E-state index contributed by atoms with van der Waals surface area (Å²) in [4.78, 5) is 11.1. The van der Waals surface area contributed by atoms with Gasteiger partial charge in [-0.25, -0.2) is 9.97 Å². The topological polar surface area (TPSA) is 46.8 Å². The number of nitrogens with zero attached hydrogens (tertiary/aromatic N) is 5. The monoisotopic (exact) mass is 259 g/mol. The molecule has 1 saturated carbocycles. The lowest BCUT2D eigenvalue weighted by atomic mass is 9.85. The van der Waals surface area contributed by atoms with Crippen LogP contribution in [0.4, 0.5) is 5.82 Å². The molecular formula is C14H21N5. The molecule has 2 atom stereocenters. The molecule has 0 bridgehead atoms. The van der Waals surface area contributed by atoms with Gasteiger partial charge in [0.1, 0.15) is 12.1 Å². The molecule has 2 aromatic rings. The summed E-state index contributed by atoms with van der Waals surface area (Å²) < 4.78 is 1.80. The Morgan fingerprint density at radius 1 is 1.26 bits per heavy atom. The summed E-state index contributed by atoms with van der Waals surface area (Å²) in [7, 11) is 4.07. The number of hydrogen-bond donors (Lipinski definition) is 0. The van der Waals surface area contributed by atoms with Crippen LogP contribution < -0.4 is 4.90 Å². The van der Waals surface area contributed by atoms with Crippen molar-refractivity contribution < 1.29 is 0 Å². The van der Waals surface area contributed by atoms with Crippen molar-refractivity contribution in [2.45, 2.75) is 38.6 Å². The lowest BCUT2D eigenvalue weighted by Crippen LogP contribution is -2.39. The molecule has 102 valence electrons. The van der Waals surface area contributed by atoms with Gasteiger partial charge in [-0.05, 0) is 18.8 Å². The van der Waals surface area contributed by atoms with Crippen LogP contribution in [-0.4, -0.2) is 32.8 Å². The third-order valence-electron chi connectivity index (χ3n) is 4.41. The molecule has 2 aromatic heterocycles. The Kier molecular flexibility index (Phi) is 3.12. The summed E-state index contributed by atoms with van der Waals surface area (Å²) >= 11 is 0. The van der Waals surface area contributed by atoms with E-state index in [1.165, 1.54) is 25.7 Å². The van der Waals surface area contributed by atoms with Gasteiger partial charge in [-0.15, -0.1) is 0 Å². The van der Waals surface area contributed by atoms with Gasteiger partial charge in [0, 0.05) is 20.1 Å². The number of anilines is 1. The predicted octanol–water partition coefficient (Wildman–Crippen LogP) is 2.38. The summed E-state index contributed by atoms with van der Waals surface area (Å²) in [6, 6.07) is 0.576. The first kappa shape index (κ1) is 12.4. The number of aryl methyl sites for hydroxylation is 1. The predicted molar refractivity (Wildman–Crippen MR) is 76.1 cm³/mol. The van der Waals surface area contributed by atoms with E-state index in [2.05, 4.69) is 33.9 Å². The standard InChI is InChI=1S/C14H21N5/c1-10-6-4-5-7-12(10)18(2)13-11-8-17-19(3)14(11)16-9-15-13/h8-10,12H,4-7H2,1-3H3/t10-,12-/m1/s1. The molecule has 0 aromatic carbocycles.